The van der Waals surface area contributed by atoms with Crippen LogP contribution in [0.5, 0.6) is 11.8 Å². The van der Waals surface area contributed by atoms with Gasteiger partial charge < -0.3 is 9.47 Å². The minimum Gasteiger partial charge on any atom is -0.480 e. The van der Waals surface area contributed by atoms with Gasteiger partial charge in [-0.1, -0.05) is 0 Å². The molecule has 6 nitrogen and oxygen atoms in total. The van der Waals surface area contributed by atoms with Gasteiger partial charge in [0.1, 0.15) is 5.69 Å². The quantitative estimate of drug-likeness (QED) is 0.568. The highest BCUT2D eigenvalue weighted by atomic mass is 79.9. The predicted molar refractivity (Wildman–Crippen MR) is 84.0 cm³/mol. The Hall–Kier alpha value is -0.740. The molecule has 0 aromatic carbocycles. The van der Waals surface area contributed by atoms with Crippen molar-refractivity contribution >= 4 is 43.2 Å². The number of aromatic nitrogens is 2. The van der Waals surface area contributed by atoms with Crippen molar-refractivity contribution in [1.29, 1.82) is 0 Å². The molecule has 0 radical (unpaired) electrons. The van der Waals surface area contributed by atoms with Crippen LogP contribution < -0.4 is 20.7 Å². The third-order valence-corrected chi connectivity index (χ3v) is 4.97. The number of methoxy groups -OCH3 is 2. The number of rotatable bonds is 5. The predicted octanol–water partition coefficient (Wildman–Crippen LogP) is 2.63. The van der Waals surface area contributed by atoms with Gasteiger partial charge in [-0.25, -0.2) is 10.4 Å². The van der Waals surface area contributed by atoms with E-state index in [2.05, 4.69) is 47.3 Å². The Labute approximate surface area is 136 Å². The van der Waals surface area contributed by atoms with Gasteiger partial charge in [0.15, 0.2) is 0 Å². The van der Waals surface area contributed by atoms with E-state index in [4.69, 9.17) is 15.3 Å². The van der Waals surface area contributed by atoms with E-state index in [1.165, 1.54) is 20.4 Å². The summed E-state index contributed by atoms with van der Waals surface area (Å²) in [6.45, 7) is 0. The van der Waals surface area contributed by atoms with E-state index in [0.29, 0.717) is 17.5 Å². The van der Waals surface area contributed by atoms with Crippen LogP contribution in [0.4, 0.5) is 0 Å². The lowest BCUT2D eigenvalue weighted by Crippen LogP contribution is -2.30. The summed E-state index contributed by atoms with van der Waals surface area (Å²) in [6.07, 6.45) is 1.53. The summed E-state index contributed by atoms with van der Waals surface area (Å²) in [5, 5.41) is 0. The van der Waals surface area contributed by atoms with Crippen LogP contribution >= 0.6 is 43.2 Å². The number of hydrogen-bond acceptors (Lipinski definition) is 7. The standard InChI is InChI=1S/C11H12Br2N4O2S/c1-18-7-4-15-9(11(16-7)19-2)8(17-14)5-3-6(12)20-10(5)13/h3-4,8,17H,14H2,1-2H3. The van der Waals surface area contributed by atoms with Crippen molar-refractivity contribution in [2.75, 3.05) is 14.2 Å². The van der Waals surface area contributed by atoms with E-state index < -0.39 is 0 Å². The fraction of sp³-hybridized carbons (Fsp3) is 0.273. The van der Waals surface area contributed by atoms with Gasteiger partial charge >= 0.3 is 0 Å². The van der Waals surface area contributed by atoms with Crippen molar-refractivity contribution in [3.8, 4) is 11.8 Å². The lowest BCUT2D eigenvalue weighted by Gasteiger charge is -2.17. The maximum absolute atomic E-state index is 5.67. The molecule has 2 rings (SSSR count). The summed E-state index contributed by atoms with van der Waals surface area (Å²) in [6, 6.07) is 1.62. The van der Waals surface area contributed by atoms with Crippen molar-refractivity contribution in [1.82, 2.24) is 15.4 Å². The number of thiophene rings is 1. The minimum absolute atomic E-state index is 0.347. The van der Waals surface area contributed by atoms with Crippen LogP contribution in [0.2, 0.25) is 0 Å². The second-order valence-corrected chi connectivity index (χ2v) is 7.44. The number of nitrogens with zero attached hydrogens (tertiary/aromatic N) is 2. The normalized spacial score (nSPS) is 12.2. The van der Waals surface area contributed by atoms with E-state index in [9.17, 15) is 0 Å². The highest BCUT2D eigenvalue weighted by Crippen LogP contribution is 2.38. The van der Waals surface area contributed by atoms with Crippen LogP contribution in [-0.2, 0) is 0 Å². The molecule has 0 fully saturated rings. The van der Waals surface area contributed by atoms with Gasteiger partial charge in [-0.3, -0.25) is 5.84 Å². The number of hydrogen-bond donors (Lipinski definition) is 2. The van der Waals surface area contributed by atoms with Crippen molar-refractivity contribution in [3.63, 3.8) is 0 Å². The van der Waals surface area contributed by atoms with E-state index >= 15 is 0 Å². The molecular weight excluding hydrogens is 412 g/mol. The zero-order valence-electron chi connectivity index (χ0n) is 10.7. The monoisotopic (exact) mass is 422 g/mol. The van der Waals surface area contributed by atoms with Gasteiger partial charge in [-0.15, -0.1) is 11.3 Å². The number of nitrogens with two attached hydrogens (primary N) is 1. The molecule has 0 aliphatic carbocycles. The summed E-state index contributed by atoms with van der Waals surface area (Å²) in [4.78, 5) is 8.55. The van der Waals surface area contributed by atoms with Gasteiger partial charge in [-0.2, -0.15) is 4.98 Å². The molecule has 1 atom stereocenters. The lowest BCUT2D eigenvalue weighted by atomic mass is 10.1. The zero-order valence-corrected chi connectivity index (χ0v) is 14.7. The molecule has 0 spiro atoms. The largest absolute Gasteiger partial charge is 0.480 e. The van der Waals surface area contributed by atoms with Crippen LogP contribution in [0, 0.1) is 0 Å². The molecule has 0 saturated carbocycles. The Morgan fingerprint density at radius 3 is 2.60 bits per heavy atom. The average molecular weight is 424 g/mol. The van der Waals surface area contributed by atoms with Crippen LogP contribution in [0.15, 0.2) is 19.8 Å². The first-order valence-corrected chi connectivity index (χ1v) is 7.86. The fourth-order valence-electron chi connectivity index (χ4n) is 1.68. The fourth-order valence-corrected chi connectivity index (χ4v) is 4.58. The molecule has 3 N–H and O–H groups in total. The SMILES string of the molecule is COc1cnc(C(NN)c2cc(Br)sc2Br)c(OC)n1. The molecule has 0 aliphatic rings. The van der Waals surface area contributed by atoms with E-state index in [-0.39, 0.29) is 6.04 Å². The van der Waals surface area contributed by atoms with Crippen LogP contribution in [-0.4, -0.2) is 24.2 Å². The van der Waals surface area contributed by atoms with Gasteiger partial charge in [-0.05, 0) is 37.9 Å². The summed E-state index contributed by atoms with van der Waals surface area (Å²) in [5.74, 6) is 6.42. The first-order valence-electron chi connectivity index (χ1n) is 5.46. The molecule has 2 aromatic rings. The van der Waals surface area contributed by atoms with Crippen molar-refractivity contribution in [2.24, 2.45) is 5.84 Å². The van der Waals surface area contributed by atoms with E-state index in [1.54, 1.807) is 11.3 Å². The Balaban J connectivity index is 2.49. The topological polar surface area (TPSA) is 82.3 Å². The summed E-state index contributed by atoms with van der Waals surface area (Å²) in [5.41, 5.74) is 4.26. The Morgan fingerprint density at radius 1 is 1.35 bits per heavy atom. The average Bonchev–Trinajstić information content (AvgIpc) is 2.79. The second kappa shape index (κ2) is 6.81. The van der Waals surface area contributed by atoms with Crippen LogP contribution in [0.3, 0.4) is 0 Å². The molecule has 2 heterocycles. The minimum atomic E-state index is -0.347. The molecule has 2 aromatic heterocycles. The number of hydrazine groups is 1. The maximum Gasteiger partial charge on any atom is 0.240 e. The molecule has 0 bridgehead atoms. The highest BCUT2D eigenvalue weighted by molar-refractivity contribution is 9.12. The van der Waals surface area contributed by atoms with Crippen LogP contribution in [0.1, 0.15) is 17.3 Å². The molecule has 108 valence electrons. The van der Waals surface area contributed by atoms with Gasteiger partial charge in [0.25, 0.3) is 0 Å². The van der Waals surface area contributed by atoms with Crippen molar-refractivity contribution in [3.05, 3.63) is 31.1 Å². The lowest BCUT2D eigenvalue weighted by molar-refractivity contribution is 0.352. The summed E-state index contributed by atoms with van der Waals surface area (Å²) in [7, 11) is 3.05. The highest BCUT2D eigenvalue weighted by Gasteiger charge is 2.24. The first kappa shape index (κ1) is 15.6. The number of nitrogens with one attached hydrogen (secondary N) is 1. The third-order valence-electron chi connectivity index (χ3n) is 2.58. The van der Waals surface area contributed by atoms with Crippen LogP contribution in [0.25, 0.3) is 0 Å². The molecule has 9 heteroatoms. The van der Waals surface area contributed by atoms with Crippen molar-refractivity contribution < 1.29 is 9.47 Å². The Morgan fingerprint density at radius 2 is 2.10 bits per heavy atom. The number of ether oxygens (including phenoxy) is 2. The van der Waals surface area contributed by atoms with Gasteiger partial charge in [0.2, 0.25) is 11.8 Å². The maximum atomic E-state index is 5.67. The summed E-state index contributed by atoms with van der Waals surface area (Å²) >= 11 is 8.51. The molecule has 0 amide bonds. The van der Waals surface area contributed by atoms with Crippen molar-refractivity contribution in [2.45, 2.75) is 6.04 Å². The Kier molecular flexibility index (Phi) is 5.33. The second-order valence-electron chi connectivity index (χ2n) is 3.69. The smallest absolute Gasteiger partial charge is 0.240 e. The zero-order chi connectivity index (χ0) is 14.7. The Bertz CT molecular complexity index is 608. The third kappa shape index (κ3) is 3.12. The number of halogens is 2. The molecule has 0 aliphatic heterocycles. The molecule has 1 unspecified atom stereocenters. The summed E-state index contributed by atoms with van der Waals surface area (Å²) < 4.78 is 12.2. The van der Waals surface area contributed by atoms with E-state index in [0.717, 1.165) is 13.1 Å². The van der Waals surface area contributed by atoms with Gasteiger partial charge in [0.05, 0.1) is 34.0 Å². The first-order chi connectivity index (χ1) is 9.60. The molecular formula is C11H12Br2N4O2S. The molecule has 20 heavy (non-hydrogen) atoms. The van der Waals surface area contributed by atoms with E-state index in [1.807, 2.05) is 6.07 Å². The molecule has 0 saturated heterocycles. The van der Waals surface area contributed by atoms with Gasteiger partial charge in [0, 0.05) is 5.56 Å².